The second-order valence-electron chi connectivity index (χ2n) is 7.61. The van der Waals surface area contributed by atoms with Gasteiger partial charge in [0.05, 0.1) is 11.6 Å². The van der Waals surface area contributed by atoms with Crippen LogP contribution < -0.4 is 0 Å². The lowest BCUT2D eigenvalue weighted by molar-refractivity contribution is 0.134. The lowest BCUT2D eigenvalue weighted by Crippen LogP contribution is -2.47. The summed E-state index contributed by atoms with van der Waals surface area (Å²) in [6, 6.07) is 11.8. The second kappa shape index (κ2) is 8.73. The van der Waals surface area contributed by atoms with Gasteiger partial charge in [-0.05, 0) is 48.2 Å². The zero-order valence-electron chi connectivity index (χ0n) is 16.3. The Hall–Kier alpha value is -2.75. The van der Waals surface area contributed by atoms with Crippen molar-refractivity contribution < 1.29 is 8.78 Å². The molecule has 2 aromatic carbocycles. The molecule has 1 aliphatic rings. The highest BCUT2D eigenvalue weighted by atomic mass is 19.1. The first-order chi connectivity index (χ1) is 14.1. The van der Waals surface area contributed by atoms with Crippen LogP contribution in [0.25, 0.3) is 10.9 Å². The molecule has 2 heterocycles. The molecule has 4 nitrogen and oxygen atoms in total. The molecule has 6 heteroatoms. The third kappa shape index (κ3) is 4.64. The maximum atomic E-state index is 13.8. The number of halogens is 2. The fourth-order valence-corrected chi connectivity index (χ4v) is 3.97. The quantitative estimate of drug-likeness (QED) is 0.693. The van der Waals surface area contributed by atoms with Crippen LogP contribution in [0.2, 0.25) is 0 Å². The van der Waals surface area contributed by atoms with Gasteiger partial charge >= 0.3 is 0 Å². The molecule has 3 aromatic rings. The first-order valence-corrected chi connectivity index (χ1v) is 10.0. The predicted octanol–water partition coefficient (Wildman–Crippen LogP) is 3.72. The van der Waals surface area contributed by atoms with Crippen molar-refractivity contribution in [3.63, 3.8) is 0 Å². The number of nitriles is 1. The molecule has 1 N–H and O–H groups in total. The molecule has 0 saturated carbocycles. The monoisotopic (exact) mass is 394 g/mol. The van der Waals surface area contributed by atoms with E-state index in [0.29, 0.717) is 17.5 Å². The molecule has 0 bridgehead atoms. The Bertz CT molecular complexity index is 1030. The van der Waals surface area contributed by atoms with Gasteiger partial charge in [-0.25, -0.2) is 8.78 Å². The van der Waals surface area contributed by atoms with E-state index >= 15 is 0 Å². The molecule has 29 heavy (non-hydrogen) atoms. The Morgan fingerprint density at radius 1 is 0.897 bits per heavy atom. The Kier molecular flexibility index (Phi) is 5.89. The van der Waals surface area contributed by atoms with Crippen molar-refractivity contribution in [3.05, 3.63) is 70.9 Å². The van der Waals surface area contributed by atoms with Gasteiger partial charge in [0.15, 0.2) is 0 Å². The SMILES string of the molecule is N#Cc1ccc2[nH]cc(CCN3CCN(CCc4ccc(F)cc4F)CC3)c2c1. The molecule has 0 atom stereocenters. The van der Waals surface area contributed by atoms with E-state index in [9.17, 15) is 8.78 Å². The summed E-state index contributed by atoms with van der Waals surface area (Å²) in [5.74, 6) is -0.985. The average Bonchev–Trinajstić information content (AvgIpc) is 3.14. The molecule has 4 rings (SSSR count). The van der Waals surface area contributed by atoms with Crippen LogP contribution in [-0.4, -0.2) is 54.1 Å². The van der Waals surface area contributed by atoms with Crippen LogP contribution in [0.4, 0.5) is 8.78 Å². The van der Waals surface area contributed by atoms with Gasteiger partial charge < -0.3 is 14.8 Å². The first kappa shape index (κ1) is 19.6. The minimum absolute atomic E-state index is 0.457. The Balaban J connectivity index is 1.26. The molecule has 0 unspecified atom stereocenters. The molecule has 1 aliphatic heterocycles. The number of fused-ring (bicyclic) bond motifs is 1. The zero-order chi connectivity index (χ0) is 20.2. The number of nitrogens with one attached hydrogen (secondary N) is 1. The predicted molar refractivity (Wildman–Crippen MR) is 110 cm³/mol. The summed E-state index contributed by atoms with van der Waals surface area (Å²) in [7, 11) is 0. The Morgan fingerprint density at radius 3 is 2.24 bits per heavy atom. The Morgan fingerprint density at radius 2 is 1.59 bits per heavy atom. The van der Waals surface area contributed by atoms with E-state index in [1.807, 2.05) is 24.4 Å². The average molecular weight is 394 g/mol. The van der Waals surface area contributed by atoms with Gasteiger partial charge in [0, 0.05) is 62.4 Å². The number of aromatic amines is 1. The maximum Gasteiger partial charge on any atom is 0.129 e. The molecule has 1 saturated heterocycles. The van der Waals surface area contributed by atoms with Crippen LogP contribution in [0.3, 0.4) is 0 Å². The lowest BCUT2D eigenvalue weighted by Gasteiger charge is -2.34. The van der Waals surface area contributed by atoms with Gasteiger partial charge in [-0.1, -0.05) is 6.07 Å². The van der Waals surface area contributed by atoms with Crippen molar-refractivity contribution in [2.75, 3.05) is 39.3 Å². The number of aromatic nitrogens is 1. The van der Waals surface area contributed by atoms with Crippen molar-refractivity contribution in [1.82, 2.24) is 14.8 Å². The summed E-state index contributed by atoms with van der Waals surface area (Å²) < 4.78 is 26.8. The van der Waals surface area contributed by atoms with Gasteiger partial charge in [-0.15, -0.1) is 0 Å². The standard InChI is InChI=1S/C23H24F2N4/c24-20-3-2-18(22(25)14-20)5-7-28-9-11-29(12-10-28)8-6-19-16-27-23-4-1-17(15-26)13-21(19)23/h1-4,13-14,16,27H,5-12H2. The van der Waals surface area contributed by atoms with Gasteiger partial charge in [0.1, 0.15) is 11.6 Å². The number of hydrogen-bond acceptors (Lipinski definition) is 3. The second-order valence-corrected chi connectivity index (χ2v) is 7.61. The van der Waals surface area contributed by atoms with Crippen molar-refractivity contribution in [2.24, 2.45) is 0 Å². The van der Waals surface area contributed by atoms with Crippen LogP contribution in [0, 0.1) is 23.0 Å². The number of rotatable bonds is 6. The lowest BCUT2D eigenvalue weighted by atomic mass is 10.1. The van der Waals surface area contributed by atoms with Crippen molar-refractivity contribution in [3.8, 4) is 6.07 Å². The molecule has 150 valence electrons. The van der Waals surface area contributed by atoms with E-state index in [4.69, 9.17) is 5.26 Å². The molecular weight excluding hydrogens is 370 g/mol. The number of nitrogens with zero attached hydrogens (tertiary/aromatic N) is 3. The summed E-state index contributed by atoms with van der Waals surface area (Å²) in [6.45, 7) is 5.64. The fourth-order valence-electron chi connectivity index (χ4n) is 3.97. The topological polar surface area (TPSA) is 46.1 Å². The zero-order valence-corrected chi connectivity index (χ0v) is 16.3. The summed E-state index contributed by atoms with van der Waals surface area (Å²) in [4.78, 5) is 8.07. The molecular formula is C23H24F2N4. The minimum atomic E-state index is -0.529. The number of benzene rings is 2. The smallest absolute Gasteiger partial charge is 0.129 e. The Labute approximate surface area is 169 Å². The highest BCUT2D eigenvalue weighted by Gasteiger charge is 2.17. The van der Waals surface area contributed by atoms with E-state index in [1.165, 1.54) is 11.6 Å². The highest BCUT2D eigenvalue weighted by molar-refractivity contribution is 5.84. The van der Waals surface area contributed by atoms with E-state index < -0.39 is 11.6 Å². The summed E-state index contributed by atoms with van der Waals surface area (Å²) in [5.41, 5.74) is 3.57. The van der Waals surface area contributed by atoms with Crippen molar-refractivity contribution in [2.45, 2.75) is 12.8 Å². The van der Waals surface area contributed by atoms with E-state index in [-0.39, 0.29) is 0 Å². The third-order valence-corrected chi connectivity index (χ3v) is 5.77. The summed E-state index contributed by atoms with van der Waals surface area (Å²) in [5, 5.41) is 10.2. The molecule has 0 spiro atoms. The highest BCUT2D eigenvalue weighted by Crippen LogP contribution is 2.20. The van der Waals surface area contributed by atoms with Crippen LogP contribution in [0.15, 0.2) is 42.6 Å². The van der Waals surface area contributed by atoms with Crippen LogP contribution in [-0.2, 0) is 12.8 Å². The van der Waals surface area contributed by atoms with Gasteiger partial charge in [-0.3, -0.25) is 0 Å². The number of piperazine rings is 1. The molecule has 0 amide bonds. The van der Waals surface area contributed by atoms with E-state index in [1.54, 1.807) is 6.07 Å². The van der Waals surface area contributed by atoms with Crippen LogP contribution >= 0.6 is 0 Å². The molecule has 0 aliphatic carbocycles. The van der Waals surface area contributed by atoms with Gasteiger partial charge in [0.25, 0.3) is 0 Å². The number of hydrogen-bond donors (Lipinski definition) is 1. The van der Waals surface area contributed by atoms with Gasteiger partial charge in [0.2, 0.25) is 0 Å². The van der Waals surface area contributed by atoms with E-state index in [2.05, 4.69) is 20.9 Å². The first-order valence-electron chi connectivity index (χ1n) is 10.0. The van der Waals surface area contributed by atoms with Crippen LogP contribution in [0.1, 0.15) is 16.7 Å². The van der Waals surface area contributed by atoms with Crippen molar-refractivity contribution in [1.29, 1.82) is 5.26 Å². The van der Waals surface area contributed by atoms with Gasteiger partial charge in [-0.2, -0.15) is 5.26 Å². The van der Waals surface area contributed by atoms with E-state index in [0.717, 1.165) is 62.7 Å². The molecule has 0 radical (unpaired) electrons. The normalized spacial score (nSPS) is 15.6. The largest absolute Gasteiger partial charge is 0.361 e. The third-order valence-electron chi connectivity index (χ3n) is 5.77. The summed E-state index contributed by atoms with van der Waals surface area (Å²) in [6.07, 6.45) is 3.58. The maximum absolute atomic E-state index is 13.8. The fraction of sp³-hybridized carbons (Fsp3) is 0.348. The molecule has 1 aromatic heterocycles. The molecule has 1 fully saturated rings. The minimum Gasteiger partial charge on any atom is -0.361 e. The van der Waals surface area contributed by atoms with Crippen molar-refractivity contribution >= 4 is 10.9 Å². The van der Waals surface area contributed by atoms with Crippen LogP contribution in [0.5, 0.6) is 0 Å². The number of H-pyrrole nitrogens is 1. The summed E-state index contributed by atoms with van der Waals surface area (Å²) >= 11 is 0.